The van der Waals surface area contributed by atoms with E-state index in [1.54, 1.807) is 13.3 Å². The van der Waals surface area contributed by atoms with E-state index >= 15 is 0 Å². The minimum Gasteiger partial charge on any atom is -0.481 e. The fraction of sp³-hybridized carbons (Fsp3) is 0.583. The third-order valence-corrected chi connectivity index (χ3v) is 2.97. The molecular weight excluding hydrogens is 204 g/mol. The van der Waals surface area contributed by atoms with Crippen molar-refractivity contribution in [1.29, 1.82) is 0 Å². The van der Waals surface area contributed by atoms with Crippen molar-refractivity contribution < 1.29 is 9.47 Å². The van der Waals surface area contributed by atoms with Crippen molar-refractivity contribution in [3.8, 4) is 5.88 Å². The average molecular weight is 222 g/mol. The number of hydrogen-bond acceptors (Lipinski definition) is 4. The molecule has 2 unspecified atom stereocenters. The zero-order valence-electron chi connectivity index (χ0n) is 9.77. The zero-order valence-corrected chi connectivity index (χ0v) is 9.77. The highest BCUT2D eigenvalue weighted by Gasteiger charge is 2.23. The van der Waals surface area contributed by atoms with Gasteiger partial charge in [0, 0.05) is 31.0 Å². The Morgan fingerprint density at radius 3 is 3.19 bits per heavy atom. The maximum atomic E-state index is 5.50. The lowest BCUT2D eigenvalue weighted by atomic mass is 10.1. The van der Waals surface area contributed by atoms with Crippen LogP contribution in [-0.2, 0) is 11.3 Å². The standard InChI is InChI=1S/C12H18N2O2/c1-9-11(5-7-16-9)14-8-10-4-3-6-13-12(10)15-2/h3-4,6,9,11,14H,5,7-8H2,1-2H3. The molecule has 0 radical (unpaired) electrons. The van der Waals surface area contributed by atoms with Gasteiger partial charge < -0.3 is 14.8 Å². The molecule has 1 aromatic heterocycles. The molecule has 0 saturated carbocycles. The van der Waals surface area contributed by atoms with Crippen molar-refractivity contribution in [1.82, 2.24) is 10.3 Å². The summed E-state index contributed by atoms with van der Waals surface area (Å²) in [4.78, 5) is 4.17. The van der Waals surface area contributed by atoms with Gasteiger partial charge >= 0.3 is 0 Å². The molecule has 1 saturated heterocycles. The number of aromatic nitrogens is 1. The van der Waals surface area contributed by atoms with Gasteiger partial charge in [-0.1, -0.05) is 6.07 Å². The highest BCUT2D eigenvalue weighted by atomic mass is 16.5. The summed E-state index contributed by atoms with van der Waals surface area (Å²) in [5.41, 5.74) is 1.09. The van der Waals surface area contributed by atoms with Crippen LogP contribution in [0.4, 0.5) is 0 Å². The Morgan fingerprint density at radius 1 is 1.62 bits per heavy atom. The van der Waals surface area contributed by atoms with Crippen LogP contribution in [-0.4, -0.2) is 30.8 Å². The van der Waals surface area contributed by atoms with Crippen LogP contribution >= 0.6 is 0 Å². The summed E-state index contributed by atoms with van der Waals surface area (Å²) in [6.07, 6.45) is 3.11. The van der Waals surface area contributed by atoms with Gasteiger partial charge in [-0.3, -0.25) is 0 Å². The van der Waals surface area contributed by atoms with Crippen LogP contribution in [0.1, 0.15) is 18.9 Å². The zero-order chi connectivity index (χ0) is 11.4. The molecular formula is C12H18N2O2. The summed E-state index contributed by atoms with van der Waals surface area (Å²) in [5.74, 6) is 0.696. The molecule has 2 rings (SSSR count). The highest BCUT2D eigenvalue weighted by molar-refractivity contribution is 5.25. The second-order valence-electron chi connectivity index (χ2n) is 4.02. The Hall–Kier alpha value is -1.13. The highest BCUT2D eigenvalue weighted by Crippen LogP contribution is 2.16. The van der Waals surface area contributed by atoms with Gasteiger partial charge in [0.2, 0.25) is 5.88 Å². The molecule has 1 aliphatic heterocycles. The van der Waals surface area contributed by atoms with E-state index < -0.39 is 0 Å². The first-order valence-corrected chi connectivity index (χ1v) is 5.64. The van der Waals surface area contributed by atoms with Crippen LogP contribution in [0, 0.1) is 0 Å². The molecule has 2 atom stereocenters. The normalized spacial score (nSPS) is 24.6. The summed E-state index contributed by atoms with van der Waals surface area (Å²) < 4.78 is 10.7. The van der Waals surface area contributed by atoms with E-state index in [4.69, 9.17) is 9.47 Å². The molecule has 1 aliphatic rings. The van der Waals surface area contributed by atoms with E-state index in [9.17, 15) is 0 Å². The van der Waals surface area contributed by atoms with Crippen LogP contribution in [0.25, 0.3) is 0 Å². The fourth-order valence-electron chi connectivity index (χ4n) is 1.98. The molecule has 4 nitrogen and oxygen atoms in total. The second-order valence-corrected chi connectivity index (χ2v) is 4.02. The van der Waals surface area contributed by atoms with E-state index in [-0.39, 0.29) is 0 Å². The molecule has 0 bridgehead atoms. The lowest BCUT2D eigenvalue weighted by Gasteiger charge is -2.16. The Bertz CT molecular complexity index is 344. The van der Waals surface area contributed by atoms with Crippen molar-refractivity contribution >= 4 is 0 Å². The van der Waals surface area contributed by atoms with Crippen LogP contribution in [0.15, 0.2) is 18.3 Å². The van der Waals surface area contributed by atoms with Gasteiger partial charge in [0.25, 0.3) is 0 Å². The SMILES string of the molecule is COc1ncccc1CNC1CCOC1C. The molecule has 0 aromatic carbocycles. The Morgan fingerprint density at radius 2 is 2.50 bits per heavy atom. The van der Waals surface area contributed by atoms with Gasteiger partial charge in [-0.2, -0.15) is 0 Å². The third kappa shape index (κ3) is 2.51. The minimum absolute atomic E-state index is 0.294. The molecule has 0 spiro atoms. The Labute approximate surface area is 96.0 Å². The lowest BCUT2D eigenvalue weighted by molar-refractivity contribution is 0.113. The lowest BCUT2D eigenvalue weighted by Crippen LogP contribution is -2.34. The van der Waals surface area contributed by atoms with Crippen molar-refractivity contribution in [3.05, 3.63) is 23.9 Å². The van der Waals surface area contributed by atoms with E-state index in [1.165, 1.54) is 0 Å². The predicted molar refractivity (Wildman–Crippen MR) is 61.4 cm³/mol. The van der Waals surface area contributed by atoms with E-state index in [1.807, 2.05) is 12.1 Å². The second kappa shape index (κ2) is 5.27. The molecule has 0 amide bonds. The summed E-state index contributed by atoms with van der Waals surface area (Å²) in [7, 11) is 1.65. The number of nitrogens with one attached hydrogen (secondary N) is 1. The van der Waals surface area contributed by atoms with Gasteiger partial charge in [-0.25, -0.2) is 4.98 Å². The maximum Gasteiger partial charge on any atom is 0.217 e. The number of nitrogens with zero attached hydrogens (tertiary/aromatic N) is 1. The number of ether oxygens (including phenoxy) is 2. The quantitative estimate of drug-likeness (QED) is 0.835. The maximum absolute atomic E-state index is 5.50. The number of methoxy groups -OCH3 is 1. The fourth-order valence-corrected chi connectivity index (χ4v) is 1.98. The first-order valence-electron chi connectivity index (χ1n) is 5.64. The number of hydrogen-bond donors (Lipinski definition) is 1. The van der Waals surface area contributed by atoms with Crippen LogP contribution in [0.2, 0.25) is 0 Å². The Balaban J connectivity index is 1.93. The predicted octanol–water partition coefficient (Wildman–Crippen LogP) is 1.36. The summed E-state index contributed by atoms with van der Waals surface area (Å²) in [6.45, 7) is 3.73. The monoisotopic (exact) mass is 222 g/mol. The number of rotatable bonds is 4. The van der Waals surface area contributed by atoms with E-state index in [2.05, 4.69) is 17.2 Å². The summed E-state index contributed by atoms with van der Waals surface area (Å²) in [5, 5.41) is 3.48. The van der Waals surface area contributed by atoms with Crippen molar-refractivity contribution in [2.24, 2.45) is 0 Å². The van der Waals surface area contributed by atoms with Gasteiger partial charge in [0.05, 0.1) is 13.2 Å². The average Bonchev–Trinajstić information content (AvgIpc) is 2.72. The topological polar surface area (TPSA) is 43.4 Å². The molecule has 2 heterocycles. The molecule has 1 N–H and O–H groups in total. The smallest absolute Gasteiger partial charge is 0.217 e. The summed E-state index contributed by atoms with van der Waals surface area (Å²) in [6, 6.07) is 4.39. The first kappa shape index (κ1) is 11.4. The van der Waals surface area contributed by atoms with Crippen molar-refractivity contribution in [2.45, 2.75) is 32.0 Å². The molecule has 88 valence electrons. The van der Waals surface area contributed by atoms with E-state index in [0.29, 0.717) is 18.0 Å². The van der Waals surface area contributed by atoms with E-state index in [0.717, 1.165) is 25.1 Å². The Kier molecular flexibility index (Phi) is 3.74. The largest absolute Gasteiger partial charge is 0.481 e. The molecule has 16 heavy (non-hydrogen) atoms. The first-order chi connectivity index (χ1) is 7.81. The molecule has 0 aliphatic carbocycles. The van der Waals surface area contributed by atoms with Gasteiger partial charge in [0.1, 0.15) is 0 Å². The van der Waals surface area contributed by atoms with Gasteiger partial charge in [-0.05, 0) is 19.4 Å². The van der Waals surface area contributed by atoms with Crippen LogP contribution < -0.4 is 10.1 Å². The third-order valence-electron chi connectivity index (χ3n) is 2.97. The van der Waals surface area contributed by atoms with Crippen LogP contribution in [0.5, 0.6) is 5.88 Å². The minimum atomic E-state index is 0.294. The summed E-state index contributed by atoms with van der Waals surface area (Å²) >= 11 is 0. The number of pyridine rings is 1. The molecule has 1 aromatic rings. The molecule has 4 heteroatoms. The van der Waals surface area contributed by atoms with Crippen molar-refractivity contribution in [3.63, 3.8) is 0 Å². The molecule has 1 fully saturated rings. The van der Waals surface area contributed by atoms with Gasteiger partial charge in [0.15, 0.2) is 0 Å². The van der Waals surface area contributed by atoms with Crippen LogP contribution in [0.3, 0.4) is 0 Å². The van der Waals surface area contributed by atoms with Gasteiger partial charge in [-0.15, -0.1) is 0 Å². The van der Waals surface area contributed by atoms with Crippen molar-refractivity contribution in [2.75, 3.05) is 13.7 Å².